The quantitative estimate of drug-likeness (QED) is 0.511. The van der Waals surface area contributed by atoms with E-state index in [0.29, 0.717) is 4.31 Å². The molecule has 0 aliphatic heterocycles. The van der Waals surface area contributed by atoms with Crippen LogP contribution in [-0.4, -0.2) is 69.0 Å². The van der Waals surface area contributed by atoms with Gasteiger partial charge in [-0.25, -0.2) is 22.3 Å². The third-order valence-electron chi connectivity index (χ3n) is 5.33. The zero-order chi connectivity index (χ0) is 25.8. The summed E-state index contributed by atoms with van der Waals surface area (Å²) in [7, 11) is -0.0531. The summed E-state index contributed by atoms with van der Waals surface area (Å²) < 4.78 is 33.3. The summed E-state index contributed by atoms with van der Waals surface area (Å²) in [6.45, 7) is 4.28. The number of hydrogen-bond donors (Lipinski definition) is 2. The fourth-order valence-corrected chi connectivity index (χ4v) is 4.88. The maximum atomic E-state index is 13.8. The van der Waals surface area contributed by atoms with E-state index < -0.39 is 39.4 Å². The van der Waals surface area contributed by atoms with Crippen molar-refractivity contribution in [1.82, 2.24) is 10.2 Å². The van der Waals surface area contributed by atoms with Crippen molar-refractivity contribution in [3.63, 3.8) is 0 Å². The molecule has 0 heterocycles. The van der Waals surface area contributed by atoms with Crippen molar-refractivity contribution >= 4 is 33.6 Å². The van der Waals surface area contributed by atoms with Crippen LogP contribution in [-0.2, 0) is 19.6 Å². The Bertz CT molecular complexity index is 1160. The molecule has 184 valence electrons. The molecular formula is C23H29N3O7S. The van der Waals surface area contributed by atoms with E-state index in [2.05, 4.69) is 5.32 Å². The molecule has 0 saturated carbocycles. The number of nitrogens with zero attached hydrogens (tertiary/aromatic N) is 2. The first kappa shape index (κ1) is 26.8. The van der Waals surface area contributed by atoms with Crippen molar-refractivity contribution in [2.75, 3.05) is 25.4 Å². The zero-order valence-corrected chi connectivity index (χ0v) is 20.7. The van der Waals surface area contributed by atoms with Gasteiger partial charge >= 0.3 is 12.1 Å². The molecule has 0 unspecified atom stereocenters. The van der Waals surface area contributed by atoms with Gasteiger partial charge < -0.3 is 20.1 Å². The summed E-state index contributed by atoms with van der Waals surface area (Å²) in [6.07, 6.45) is -0.648. The molecule has 0 aliphatic carbocycles. The van der Waals surface area contributed by atoms with Gasteiger partial charge in [-0.1, -0.05) is 17.7 Å². The number of aryl methyl sites for hydroxylation is 1. The topological polar surface area (TPSA) is 133 Å². The molecule has 1 amide bonds. The van der Waals surface area contributed by atoms with Gasteiger partial charge in [0.05, 0.1) is 16.6 Å². The average Bonchev–Trinajstić information content (AvgIpc) is 2.79. The van der Waals surface area contributed by atoms with Crippen LogP contribution in [0.25, 0.3) is 0 Å². The molecule has 11 heteroatoms. The second kappa shape index (κ2) is 10.2. The van der Waals surface area contributed by atoms with Crippen LogP contribution in [0.15, 0.2) is 53.4 Å². The number of carboxylic acids is 1. The Morgan fingerprint density at radius 3 is 2.00 bits per heavy atom. The number of carboxylic acid groups (broad SMARTS) is 1. The second-order valence-electron chi connectivity index (χ2n) is 8.09. The summed E-state index contributed by atoms with van der Waals surface area (Å²) in [4.78, 5) is 38.6. The predicted molar refractivity (Wildman–Crippen MR) is 127 cm³/mol. The van der Waals surface area contributed by atoms with Gasteiger partial charge in [0.15, 0.2) is 5.78 Å². The SMILES string of the molecule is CN[C@@H](C)C(=O)[C@](C)(C(=O)O)N(c1ccc(OC(=O)N(C)C)cc1)S(=O)(=O)c1ccc(C)cc1. The Balaban J connectivity index is 2.73. The molecule has 0 aliphatic rings. The van der Waals surface area contributed by atoms with E-state index in [-0.39, 0.29) is 16.3 Å². The lowest BCUT2D eigenvalue weighted by Crippen LogP contribution is -2.64. The van der Waals surface area contributed by atoms with Gasteiger partial charge in [0.2, 0.25) is 5.54 Å². The van der Waals surface area contributed by atoms with E-state index in [1.807, 2.05) is 0 Å². The molecule has 34 heavy (non-hydrogen) atoms. The number of ether oxygens (including phenoxy) is 1. The molecule has 0 saturated heterocycles. The molecule has 2 rings (SSSR count). The zero-order valence-electron chi connectivity index (χ0n) is 19.9. The Kier molecular flexibility index (Phi) is 8.06. The van der Waals surface area contributed by atoms with Crippen molar-refractivity contribution in [1.29, 1.82) is 0 Å². The maximum absolute atomic E-state index is 13.8. The molecular weight excluding hydrogens is 462 g/mol. The number of benzene rings is 2. The number of likely N-dealkylation sites (N-methyl/N-ethyl adjacent to an activating group) is 1. The lowest BCUT2D eigenvalue weighted by atomic mass is 9.91. The number of amides is 1. The van der Waals surface area contributed by atoms with Gasteiger partial charge in [0, 0.05) is 14.1 Å². The minimum Gasteiger partial charge on any atom is -0.479 e. The molecule has 2 atom stereocenters. The lowest BCUT2D eigenvalue weighted by Gasteiger charge is -2.38. The minimum absolute atomic E-state index is 0.0909. The number of ketones is 1. The molecule has 0 fully saturated rings. The highest BCUT2D eigenvalue weighted by Gasteiger charge is 2.53. The van der Waals surface area contributed by atoms with Crippen molar-refractivity contribution in [2.45, 2.75) is 37.2 Å². The van der Waals surface area contributed by atoms with E-state index in [0.717, 1.165) is 12.5 Å². The van der Waals surface area contributed by atoms with Gasteiger partial charge in [0.1, 0.15) is 5.75 Å². The third-order valence-corrected chi connectivity index (χ3v) is 7.25. The van der Waals surface area contributed by atoms with Crippen LogP contribution >= 0.6 is 0 Å². The van der Waals surface area contributed by atoms with Crippen molar-refractivity contribution in [3.8, 4) is 5.75 Å². The fraction of sp³-hybridized carbons (Fsp3) is 0.348. The maximum Gasteiger partial charge on any atom is 0.414 e. The predicted octanol–water partition coefficient (Wildman–Crippen LogP) is 2.27. The van der Waals surface area contributed by atoms with Crippen LogP contribution in [0.2, 0.25) is 0 Å². The normalized spacial score (nSPS) is 13.9. The highest BCUT2D eigenvalue weighted by atomic mass is 32.2. The number of anilines is 1. The first-order valence-electron chi connectivity index (χ1n) is 10.3. The first-order chi connectivity index (χ1) is 15.8. The van der Waals surface area contributed by atoms with Gasteiger partial charge in [-0.05, 0) is 64.2 Å². The van der Waals surface area contributed by atoms with E-state index in [9.17, 15) is 27.9 Å². The van der Waals surface area contributed by atoms with Crippen LogP contribution in [0, 0.1) is 6.92 Å². The number of sulfonamides is 1. The van der Waals surface area contributed by atoms with Crippen LogP contribution < -0.4 is 14.4 Å². The standard InChI is InChI=1S/C23H29N3O7S/c1-15-7-13-19(14-8-15)34(31,32)26(23(3,21(28)29)20(27)16(2)24-4)17-9-11-18(12-10-17)33-22(30)25(5)6/h7-14,16,24H,1-6H3,(H,28,29)/t16-,23+/m0/s1. The van der Waals surface area contributed by atoms with Crippen LogP contribution in [0.4, 0.5) is 10.5 Å². The van der Waals surface area contributed by atoms with Gasteiger partial charge in [0.25, 0.3) is 10.0 Å². The number of nitrogens with one attached hydrogen (secondary N) is 1. The Morgan fingerprint density at radius 2 is 1.56 bits per heavy atom. The molecule has 0 bridgehead atoms. The van der Waals surface area contributed by atoms with Crippen LogP contribution in [0.1, 0.15) is 19.4 Å². The highest BCUT2D eigenvalue weighted by Crippen LogP contribution is 2.34. The number of Topliss-reactive ketones (excluding diaryl/α,β-unsaturated/α-hetero) is 1. The molecule has 10 nitrogen and oxygen atoms in total. The van der Waals surface area contributed by atoms with E-state index in [4.69, 9.17) is 4.74 Å². The van der Waals surface area contributed by atoms with Gasteiger partial charge in [-0.3, -0.25) is 4.79 Å². The summed E-state index contributed by atoms with van der Waals surface area (Å²) in [5.41, 5.74) is -1.78. The molecule has 2 aromatic rings. The largest absolute Gasteiger partial charge is 0.479 e. The minimum atomic E-state index is -4.52. The summed E-state index contributed by atoms with van der Waals surface area (Å²) in [5.74, 6) is -2.39. The Hall–Kier alpha value is -3.44. The molecule has 0 aromatic heterocycles. The number of carbonyl (C=O) groups excluding carboxylic acids is 2. The van der Waals surface area contributed by atoms with Crippen molar-refractivity contribution < 1.29 is 32.6 Å². The van der Waals surface area contributed by atoms with Crippen LogP contribution in [0.3, 0.4) is 0 Å². The van der Waals surface area contributed by atoms with E-state index in [1.165, 1.54) is 69.4 Å². The van der Waals surface area contributed by atoms with Gasteiger partial charge in [-0.2, -0.15) is 0 Å². The molecule has 0 radical (unpaired) electrons. The van der Waals surface area contributed by atoms with E-state index >= 15 is 0 Å². The summed E-state index contributed by atoms with van der Waals surface area (Å²) in [5, 5.41) is 12.8. The number of rotatable bonds is 9. The molecule has 2 aromatic carbocycles. The van der Waals surface area contributed by atoms with Crippen LogP contribution in [0.5, 0.6) is 5.75 Å². The lowest BCUT2D eigenvalue weighted by molar-refractivity contribution is -0.147. The molecule has 2 N–H and O–H groups in total. The number of aliphatic carboxylic acids is 1. The second-order valence-corrected chi connectivity index (χ2v) is 9.88. The smallest absolute Gasteiger partial charge is 0.414 e. The monoisotopic (exact) mass is 491 g/mol. The average molecular weight is 492 g/mol. The Morgan fingerprint density at radius 1 is 1.03 bits per heavy atom. The van der Waals surface area contributed by atoms with Crippen molar-refractivity contribution in [2.24, 2.45) is 0 Å². The number of hydrogen-bond acceptors (Lipinski definition) is 7. The summed E-state index contributed by atoms with van der Waals surface area (Å²) >= 11 is 0. The molecule has 0 spiro atoms. The highest BCUT2D eigenvalue weighted by molar-refractivity contribution is 7.93. The number of carbonyl (C=O) groups is 3. The summed E-state index contributed by atoms with van der Waals surface area (Å²) in [6, 6.07) is 10.1. The Labute approximate surface area is 199 Å². The third kappa shape index (κ3) is 5.20. The van der Waals surface area contributed by atoms with E-state index in [1.54, 1.807) is 19.1 Å². The first-order valence-corrected chi connectivity index (χ1v) is 11.8. The van der Waals surface area contributed by atoms with Crippen molar-refractivity contribution in [3.05, 3.63) is 54.1 Å². The van der Waals surface area contributed by atoms with Gasteiger partial charge in [-0.15, -0.1) is 0 Å². The fourth-order valence-electron chi connectivity index (χ4n) is 3.14.